The molecule has 16 nitrogen and oxygen atoms in total. The Morgan fingerprint density at radius 1 is 0.235 bits per heavy atom. The Hall–Kier alpha value is -10.8. The van der Waals surface area contributed by atoms with Crippen molar-refractivity contribution in [2.45, 2.75) is 185 Å². The Balaban J connectivity index is 0.000000184. The molecule has 4 heterocycles. The van der Waals surface area contributed by atoms with Gasteiger partial charge in [-0.05, 0) is 166 Å². The molecule has 0 bridgehead atoms. The van der Waals surface area contributed by atoms with Crippen LogP contribution in [0.15, 0.2) is 267 Å². The number of aliphatic hydroxyl groups is 8. The summed E-state index contributed by atoms with van der Waals surface area (Å²) >= 11 is 0. The molecule has 4 aromatic heterocycles. The van der Waals surface area contributed by atoms with E-state index in [9.17, 15) is 0 Å². The minimum atomic E-state index is -0.375. The molecular formula is C116H116Ir4N8O8-4. The summed E-state index contributed by atoms with van der Waals surface area (Å²) in [6, 6.07) is 96.9. The summed E-state index contributed by atoms with van der Waals surface area (Å²) in [4.78, 5) is 39.4. The third kappa shape index (κ3) is 26.8. The van der Waals surface area contributed by atoms with Crippen LogP contribution in [-0.4, -0.2) is 130 Å². The number of fused-ring (bicyclic) bond motifs is 24. The number of rotatable bonds is 12. The Bertz CT molecular complexity index is 7330. The van der Waals surface area contributed by atoms with E-state index in [0.29, 0.717) is 25.7 Å². The molecule has 0 amide bonds. The van der Waals surface area contributed by atoms with Crippen LogP contribution in [0, 0.1) is 79.7 Å². The quantitative estimate of drug-likeness (QED) is 0.0417. The summed E-state index contributed by atoms with van der Waals surface area (Å²) < 4.78 is 0. The molecule has 8 N–H and O–H groups in total. The standard InChI is InChI=1S/4C24H17N2.4C5H12O2.4Ir/c1-15-11-12-18-20(13-15)24-23(19-10-6-7-16(2)22(18)19)25-14-21(26-24)17-8-4-3-5-9-17;1-15-11-12-19-20(13-15)18-10-6-7-16(2)22(18)24-23(19)25-14-21(26-24)17-8-4-3-5-9-17;1-15-12-16(2)22-20(13-15)18-10-6-7-11-19(18)23-24(22)26-21(14-25-23)17-8-4-3-5-9-17;1-15-12-13-19-18-10-6-7-11-20(18)23-24(22(19)16(15)2)26-21(14-25-23)17-8-4-3-5-9-17;4*1-4(6)3-5(2)7;;;;/h3-9,11-14H,1-2H3;3-11,13-14H,1-2H3;2*3-10,12-14H,1-2H3;4*4-7H,3H2,1-2H3;;;;/q4*-1;;;;;;;;. The van der Waals surface area contributed by atoms with Crippen LogP contribution in [0.5, 0.6) is 0 Å². The van der Waals surface area contributed by atoms with Crippen molar-refractivity contribution in [3.05, 3.63) is 336 Å². The van der Waals surface area contributed by atoms with Crippen LogP contribution >= 0.6 is 0 Å². The van der Waals surface area contributed by atoms with Gasteiger partial charge in [-0.25, -0.2) is 0 Å². The number of hydrogen-bond acceptors (Lipinski definition) is 16. The van der Waals surface area contributed by atoms with Crippen LogP contribution < -0.4 is 0 Å². The summed E-state index contributed by atoms with van der Waals surface area (Å²) in [5, 5.41) is 87.0. The number of benzene rings is 16. The maximum atomic E-state index is 8.56. The van der Waals surface area contributed by atoms with Gasteiger partial charge in [-0.3, -0.25) is 19.9 Å². The van der Waals surface area contributed by atoms with E-state index in [-0.39, 0.29) is 129 Å². The first-order chi connectivity index (χ1) is 63.4. The van der Waals surface area contributed by atoms with Crippen molar-refractivity contribution in [1.82, 2.24) is 39.9 Å². The zero-order valence-electron chi connectivity index (χ0n) is 79.3. The largest absolute Gasteiger partial charge is 0.393 e. The molecule has 8 atom stereocenters. The SMILES string of the molecule is CC(O)CC(C)O.CC(O)CC(C)O.CC(O)CC(C)O.CC(O)CC(C)O.Cc1c[c-]c2c(c1)c1cccc(C)c1c1nc(-c3ccccc3)cnc21.Cc1cc(C)c2c(c1)c1ccc[c-]c1c1ncc(-c3ccccc3)nc12.Cc1ccc2c(c1)c1nc(-c3ccccc3)cnc1c1[c-]ccc(C)c12.Cc1ccc2c3ccc[c-]c3c3ncc(-c4ccccc4)nc3c2c1C.[Ir].[Ir].[Ir].[Ir]. The molecule has 0 aliphatic carbocycles. The summed E-state index contributed by atoms with van der Waals surface area (Å²) in [6.07, 6.45) is 6.37. The monoisotopic (exact) mass is 2520 g/mol. The van der Waals surface area contributed by atoms with Gasteiger partial charge in [0.25, 0.3) is 0 Å². The van der Waals surface area contributed by atoms with E-state index in [1.807, 2.05) is 134 Å². The minimum absolute atomic E-state index is 0. The molecule has 4 radical (unpaired) electrons. The molecule has 0 saturated heterocycles. The van der Waals surface area contributed by atoms with Crippen molar-refractivity contribution in [3.63, 3.8) is 0 Å². The van der Waals surface area contributed by atoms with E-state index in [0.717, 1.165) is 116 Å². The molecule has 0 spiro atoms. The number of aryl methyl sites for hydroxylation is 8. The average Bonchev–Trinajstić information content (AvgIpc) is 0.746. The fourth-order valence-electron chi connectivity index (χ4n) is 16.9. The van der Waals surface area contributed by atoms with Gasteiger partial charge in [0, 0.05) is 150 Å². The average molecular weight is 2520 g/mol. The summed E-state index contributed by atoms with van der Waals surface area (Å²) in [5.74, 6) is 0. The topological polar surface area (TPSA) is 265 Å². The fourth-order valence-corrected chi connectivity index (χ4v) is 16.9. The van der Waals surface area contributed by atoms with Crippen LogP contribution in [0.2, 0.25) is 0 Å². The second-order valence-electron chi connectivity index (χ2n) is 34.8. The smallest absolute Gasteiger partial charge is 0.0873 e. The number of nitrogens with zero attached hydrogens (tertiary/aromatic N) is 8. The Morgan fingerprint density at radius 3 is 0.985 bits per heavy atom. The zero-order chi connectivity index (χ0) is 94.1. The Labute approximate surface area is 850 Å². The summed E-state index contributed by atoms with van der Waals surface area (Å²) in [7, 11) is 0. The van der Waals surface area contributed by atoms with Gasteiger partial charge in [-0.2, -0.15) is 0 Å². The molecule has 8 unspecified atom stereocenters. The second kappa shape index (κ2) is 50.5. The molecule has 0 fully saturated rings. The van der Waals surface area contributed by atoms with Gasteiger partial charge < -0.3 is 60.8 Å². The number of aromatic nitrogens is 8. The van der Waals surface area contributed by atoms with E-state index in [1.165, 1.54) is 104 Å². The van der Waals surface area contributed by atoms with Crippen molar-refractivity contribution in [3.8, 4) is 45.0 Å². The van der Waals surface area contributed by atoms with Crippen LogP contribution in [0.3, 0.4) is 0 Å². The molecular weight excluding hydrogens is 2400 g/mol. The van der Waals surface area contributed by atoms with Crippen molar-refractivity contribution in [2.24, 2.45) is 0 Å². The molecule has 20 aromatic rings. The molecule has 20 rings (SSSR count). The van der Waals surface area contributed by atoms with Gasteiger partial charge in [-0.15, -0.1) is 118 Å². The molecule has 16 aromatic carbocycles. The van der Waals surface area contributed by atoms with E-state index >= 15 is 0 Å². The van der Waals surface area contributed by atoms with Crippen molar-refractivity contribution < 1.29 is 121 Å². The predicted octanol–water partition coefficient (Wildman–Crippen LogP) is 24.6. The summed E-state index contributed by atoms with van der Waals surface area (Å²) in [5.41, 5.74) is 25.3. The van der Waals surface area contributed by atoms with E-state index < -0.39 is 0 Å². The van der Waals surface area contributed by atoms with Gasteiger partial charge in [0.15, 0.2) is 0 Å². The van der Waals surface area contributed by atoms with Gasteiger partial charge in [-0.1, -0.05) is 250 Å². The first kappa shape index (κ1) is 109. The zero-order valence-corrected chi connectivity index (χ0v) is 88.9. The van der Waals surface area contributed by atoms with Gasteiger partial charge in [0.2, 0.25) is 0 Å². The normalized spacial score (nSPS) is 12.6. The van der Waals surface area contributed by atoms with Crippen molar-refractivity contribution >= 4 is 130 Å². The van der Waals surface area contributed by atoms with Crippen molar-refractivity contribution in [1.29, 1.82) is 0 Å². The van der Waals surface area contributed by atoms with Gasteiger partial charge in [0.05, 0.1) is 93.7 Å². The maximum absolute atomic E-state index is 8.56. The first-order valence-corrected chi connectivity index (χ1v) is 45.1. The third-order valence-corrected chi connectivity index (χ3v) is 22.8. The Kier molecular flexibility index (Phi) is 40.5. The molecule has 0 aliphatic heterocycles. The Morgan fingerprint density at radius 2 is 0.566 bits per heavy atom. The fraction of sp³-hybridized carbons (Fsp3) is 0.241. The third-order valence-electron chi connectivity index (χ3n) is 22.8. The molecule has 708 valence electrons. The van der Waals surface area contributed by atoms with Gasteiger partial charge in [0.1, 0.15) is 0 Å². The number of aliphatic hydroxyl groups excluding tert-OH is 8. The molecule has 0 aliphatic rings. The first-order valence-electron chi connectivity index (χ1n) is 45.1. The van der Waals surface area contributed by atoms with Crippen LogP contribution in [0.4, 0.5) is 0 Å². The molecule has 0 saturated carbocycles. The molecule has 20 heteroatoms. The second-order valence-corrected chi connectivity index (χ2v) is 34.8. The van der Waals surface area contributed by atoms with E-state index in [2.05, 4.69) is 213 Å². The van der Waals surface area contributed by atoms with Crippen LogP contribution in [-0.2, 0) is 80.4 Å². The molecule has 136 heavy (non-hydrogen) atoms. The van der Waals surface area contributed by atoms with Crippen LogP contribution in [0.1, 0.15) is 126 Å². The summed E-state index contributed by atoms with van der Waals surface area (Å²) in [6.45, 7) is 30.4. The van der Waals surface area contributed by atoms with E-state index in [1.54, 1.807) is 55.4 Å². The predicted molar refractivity (Wildman–Crippen MR) is 545 cm³/mol. The van der Waals surface area contributed by atoms with Crippen LogP contribution in [0.25, 0.3) is 175 Å². The van der Waals surface area contributed by atoms with Gasteiger partial charge >= 0.3 is 0 Å². The van der Waals surface area contributed by atoms with Crippen molar-refractivity contribution in [2.75, 3.05) is 0 Å². The number of hydrogen-bond donors (Lipinski definition) is 8. The van der Waals surface area contributed by atoms with E-state index in [4.69, 9.17) is 80.7 Å². The maximum Gasteiger partial charge on any atom is 0.0873 e. The minimum Gasteiger partial charge on any atom is -0.393 e.